The van der Waals surface area contributed by atoms with Crippen molar-refractivity contribution in [2.75, 3.05) is 7.11 Å². The van der Waals surface area contributed by atoms with Crippen LogP contribution in [0.25, 0.3) is 0 Å². The van der Waals surface area contributed by atoms with Crippen molar-refractivity contribution in [1.82, 2.24) is 4.72 Å². The Balaban J connectivity index is 2.89. The summed E-state index contributed by atoms with van der Waals surface area (Å²) in [6.45, 7) is 1.73. The summed E-state index contributed by atoms with van der Waals surface area (Å²) in [6, 6.07) is 3.90. The predicted octanol–water partition coefficient (Wildman–Crippen LogP) is 1.21. The van der Waals surface area contributed by atoms with Gasteiger partial charge in [-0.05, 0) is 18.6 Å². The summed E-state index contributed by atoms with van der Waals surface area (Å²) in [7, 11) is -2.63. The van der Waals surface area contributed by atoms with Crippen molar-refractivity contribution in [1.29, 1.82) is 0 Å². The van der Waals surface area contributed by atoms with Crippen LogP contribution in [0.15, 0.2) is 29.2 Å². The fraction of sp³-hybridized carbons (Fsp3) is 0.417. The molecule has 0 saturated carbocycles. The molecular formula is C12H16N2O6S. The van der Waals surface area contributed by atoms with Crippen LogP contribution >= 0.6 is 0 Å². The van der Waals surface area contributed by atoms with E-state index in [9.17, 15) is 23.3 Å². The molecule has 0 amide bonds. The second-order valence-corrected chi connectivity index (χ2v) is 5.97. The number of esters is 1. The average Bonchev–Trinajstić information content (AvgIpc) is 2.46. The normalized spacial score (nSPS) is 12.7. The second-order valence-electron chi connectivity index (χ2n) is 4.26. The summed E-state index contributed by atoms with van der Waals surface area (Å²) in [5.41, 5.74) is -0.199. The third-order valence-electron chi connectivity index (χ3n) is 2.81. The summed E-state index contributed by atoms with van der Waals surface area (Å²) in [6.07, 6.45) is 0.320. The smallest absolute Gasteiger partial charge is 0.307 e. The average molecular weight is 316 g/mol. The molecule has 0 heterocycles. The van der Waals surface area contributed by atoms with Gasteiger partial charge in [-0.1, -0.05) is 6.92 Å². The van der Waals surface area contributed by atoms with E-state index in [2.05, 4.69) is 9.46 Å². The minimum absolute atomic E-state index is 0.0841. The number of non-ortho nitro benzene ring substituents is 1. The van der Waals surface area contributed by atoms with Gasteiger partial charge < -0.3 is 4.74 Å². The van der Waals surface area contributed by atoms with Crippen molar-refractivity contribution in [2.45, 2.75) is 30.7 Å². The highest BCUT2D eigenvalue weighted by Crippen LogP contribution is 2.16. The summed E-state index contributed by atoms with van der Waals surface area (Å²) in [5.74, 6) is -0.520. The zero-order valence-corrected chi connectivity index (χ0v) is 12.4. The first kappa shape index (κ1) is 17.1. The molecule has 8 nitrogen and oxygen atoms in total. The van der Waals surface area contributed by atoms with Crippen molar-refractivity contribution >= 4 is 21.7 Å². The van der Waals surface area contributed by atoms with E-state index in [4.69, 9.17) is 0 Å². The molecule has 1 rings (SSSR count). The Morgan fingerprint density at radius 2 is 1.95 bits per heavy atom. The highest BCUT2D eigenvalue weighted by Gasteiger charge is 2.22. The van der Waals surface area contributed by atoms with Crippen molar-refractivity contribution in [3.05, 3.63) is 34.4 Å². The molecule has 0 fully saturated rings. The van der Waals surface area contributed by atoms with Gasteiger partial charge in [0.15, 0.2) is 0 Å². The largest absolute Gasteiger partial charge is 0.469 e. The standard InChI is InChI=1S/C12H16N2O6S/c1-3-9(8-12(15)20-2)13-21(18,19)11-6-4-10(5-7-11)14(16)17/h4-7,9,13H,3,8H2,1-2H3. The topological polar surface area (TPSA) is 116 Å². The zero-order valence-electron chi connectivity index (χ0n) is 11.6. The number of hydrogen-bond acceptors (Lipinski definition) is 6. The first-order chi connectivity index (χ1) is 9.80. The number of nitro groups is 1. The lowest BCUT2D eigenvalue weighted by Gasteiger charge is -2.15. The third-order valence-corrected chi connectivity index (χ3v) is 4.35. The number of carbonyl (C=O) groups excluding carboxylic acids is 1. The van der Waals surface area contributed by atoms with Gasteiger partial charge in [0.2, 0.25) is 10.0 Å². The van der Waals surface area contributed by atoms with Gasteiger partial charge in [-0.2, -0.15) is 0 Å². The number of rotatable bonds is 7. The summed E-state index contributed by atoms with van der Waals surface area (Å²) >= 11 is 0. The van der Waals surface area contributed by atoms with Gasteiger partial charge in [0.25, 0.3) is 5.69 Å². The first-order valence-corrected chi connectivity index (χ1v) is 7.62. The van der Waals surface area contributed by atoms with E-state index >= 15 is 0 Å². The van der Waals surface area contributed by atoms with E-state index in [-0.39, 0.29) is 17.0 Å². The highest BCUT2D eigenvalue weighted by molar-refractivity contribution is 7.89. The molecule has 0 aliphatic rings. The van der Waals surface area contributed by atoms with Crippen LogP contribution in [0, 0.1) is 10.1 Å². The lowest BCUT2D eigenvalue weighted by molar-refractivity contribution is -0.384. The first-order valence-electron chi connectivity index (χ1n) is 6.13. The van der Waals surface area contributed by atoms with Gasteiger partial charge in [0.1, 0.15) is 0 Å². The van der Waals surface area contributed by atoms with Crippen LogP contribution < -0.4 is 4.72 Å². The number of sulfonamides is 1. The second kappa shape index (κ2) is 7.14. The number of benzene rings is 1. The molecule has 1 atom stereocenters. The molecule has 0 saturated heterocycles. The van der Waals surface area contributed by atoms with Crippen molar-refractivity contribution in [3.8, 4) is 0 Å². The number of nitrogens with zero attached hydrogens (tertiary/aromatic N) is 1. The van der Waals surface area contributed by atoms with Crippen molar-refractivity contribution in [2.24, 2.45) is 0 Å². The van der Waals surface area contributed by atoms with Crippen molar-refractivity contribution in [3.63, 3.8) is 0 Å². The van der Waals surface area contributed by atoms with Crippen LogP contribution in [-0.4, -0.2) is 32.5 Å². The van der Waals surface area contributed by atoms with Gasteiger partial charge in [-0.25, -0.2) is 13.1 Å². The molecule has 1 N–H and O–H groups in total. The fourth-order valence-electron chi connectivity index (χ4n) is 1.59. The Labute approximate surface area is 122 Å². The Morgan fingerprint density at radius 3 is 2.38 bits per heavy atom. The molecule has 0 aromatic heterocycles. The monoisotopic (exact) mass is 316 g/mol. The number of nitro benzene ring substituents is 1. The lowest BCUT2D eigenvalue weighted by atomic mass is 10.2. The minimum Gasteiger partial charge on any atom is -0.469 e. The van der Waals surface area contributed by atoms with Crippen LogP contribution in [0.2, 0.25) is 0 Å². The molecule has 0 spiro atoms. The van der Waals surface area contributed by atoms with Crippen LogP contribution in [-0.2, 0) is 19.6 Å². The molecule has 0 aliphatic carbocycles. The molecular weight excluding hydrogens is 300 g/mol. The Morgan fingerprint density at radius 1 is 1.38 bits per heavy atom. The van der Waals surface area contributed by atoms with Gasteiger partial charge in [-0.3, -0.25) is 14.9 Å². The van der Waals surface area contributed by atoms with Gasteiger partial charge in [0.05, 0.1) is 23.3 Å². The molecule has 1 unspecified atom stereocenters. The molecule has 1 aromatic carbocycles. The summed E-state index contributed by atoms with van der Waals surface area (Å²) in [5, 5.41) is 10.5. The number of carbonyl (C=O) groups is 1. The Hall–Kier alpha value is -2.00. The number of methoxy groups -OCH3 is 1. The number of hydrogen-bond donors (Lipinski definition) is 1. The quantitative estimate of drug-likeness (QED) is 0.459. The molecule has 0 radical (unpaired) electrons. The van der Waals surface area contributed by atoms with E-state index < -0.39 is 27.0 Å². The molecule has 0 bridgehead atoms. The zero-order chi connectivity index (χ0) is 16.0. The maximum absolute atomic E-state index is 12.1. The number of ether oxygens (including phenoxy) is 1. The van der Waals surface area contributed by atoms with Crippen LogP contribution in [0.1, 0.15) is 19.8 Å². The number of nitrogens with one attached hydrogen (secondary N) is 1. The molecule has 116 valence electrons. The van der Waals surface area contributed by atoms with E-state index in [0.29, 0.717) is 6.42 Å². The van der Waals surface area contributed by atoms with Gasteiger partial charge in [-0.15, -0.1) is 0 Å². The third kappa shape index (κ3) is 4.80. The molecule has 0 aliphatic heterocycles. The fourth-order valence-corrected chi connectivity index (χ4v) is 2.91. The van der Waals surface area contributed by atoms with Crippen LogP contribution in [0.3, 0.4) is 0 Å². The summed E-state index contributed by atoms with van der Waals surface area (Å²) in [4.78, 5) is 21.0. The Bertz CT molecular complexity index is 611. The maximum atomic E-state index is 12.1. The van der Waals surface area contributed by atoms with Crippen LogP contribution in [0.4, 0.5) is 5.69 Å². The molecule has 1 aromatic rings. The highest BCUT2D eigenvalue weighted by atomic mass is 32.2. The Kier molecular flexibility index (Phi) is 5.79. The van der Waals surface area contributed by atoms with Crippen LogP contribution in [0.5, 0.6) is 0 Å². The summed E-state index contributed by atoms with van der Waals surface area (Å²) < 4.78 is 31.1. The van der Waals surface area contributed by atoms with Gasteiger partial charge >= 0.3 is 5.97 Å². The van der Waals surface area contributed by atoms with Gasteiger partial charge in [0, 0.05) is 18.2 Å². The lowest BCUT2D eigenvalue weighted by Crippen LogP contribution is -2.36. The molecule has 21 heavy (non-hydrogen) atoms. The van der Waals surface area contributed by atoms with E-state index in [1.807, 2.05) is 0 Å². The predicted molar refractivity (Wildman–Crippen MR) is 74.1 cm³/mol. The minimum atomic E-state index is -3.85. The maximum Gasteiger partial charge on any atom is 0.307 e. The van der Waals surface area contributed by atoms with E-state index in [1.165, 1.54) is 7.11 Å². The SMILES string of the molecule is CCC(CC(=O)OC)NS(=O)(=O)c1ccc([N+](=O)[O-])cc1. The molecule has 9 heteroatoms. The van der Waals surface area contributed by atoms with Crippen molar-refractivity contribution < 1.29 is 22.9 Å². The van der Waals surface area contributed by atoms with E-state index in [1.54, 1.807) is 6.92 Å². The van der Waals surface area contributed by atoms with E-state index in [0.717, 1.165) is 24.3 Å².